The predicted octanol–water partition coefficient (Wildman–Crippen LogP) is 3.93. The first-order valence-corrected chi connectivity index (χ1v) is 10.4. The van der Waals surface area contributed by atoms with Crippen molar-refractivity contribution in [1.82, 2.24) is 10.0 Å². The summed E-state index contributed by atoms with van der Waals surface area (Å²) in [6.07, 6.45) is 1.70. The van der Waals surface area contributed by atoms with Crippen molar-refractivity contribution in [3.63, 3.8) is 0 Å². The van der Waals surface area contributed by atoms with E-state index in [4.69, 9.17) is 23.2 Å². The second-order valence-corrected chi connectivity index (χ2v) is 8.82. The molecule has 0 bridgehead atoms. The van der Waals surface area contributed by atoms with Crippen molar-refractivity contribution >= 4 is 39.1 Å². The van der Waals surface area contributed by atoms with Crippen molar-refractivity contribution in [1.29, 1.82) is 0 Å². The third kappa shape index (κ3) is 4.57. The number of carbonyl (C=O) groups is 1. The third-order valence-electron chi connectivity index (χ3n) is 4.10. The van der Waals surface area contributed by atoms with Crippen LogP contribution >= 0.6 is 23.2 Å². The number of nitrogens with one attached hydrogen (secondary N) is 2. The average Bonchev–Trinajstić information content (AvgIpc) is 3.40. The molecule has 5 nitrogen and oxygen atoms in total. The summed E-state index contributed by atoms with van der Waals surface area (Å²) in [4.78, 5) is 12.6. The maximum absolute atomic E-state index is 12.5. The minimum atomic E-state index is -3.61. The molecular weight excluding hydrogens is 395 g/mol. The SMILES string of the molecule is CC(NC(=O)c1cccc(S(=O)(=O)NC2CC2)c1)c1ccc(Cl)c(Cl)c1. The number of amides is 1. The molecule has 138 valence electrons. The summed E-state index contributed by atoms with van der Waals surface area (Å²) in [5.74, 6) is -0.368. The zero-order valence-corrected chi connectivity index (χ0v) is 16.3. The van der Waals surface area contributed by atoms with E-state index in [-0.39, 0.29) is 28.4 Å². The van der Waals surface area contributed by atoms with E-state index in [0.717, 1.165) is 18.4 Å². The minimum Gasteiger partial charge on any atom is -0.346 e. The Morgan fingerprint density at radius 1 is 1.12 bits per heavy atom. The monoisotopic (exact) mass is 412 g/mol. The van der Waals surface area contributed by atoms with Crippen molar-refractivity contribution in [3.05, 3.63) is 63.6 Å². The lowest BCUT2D eigenvalue weighted by Crippen LogP contribution is -2.28. The summed E-state index contributed by atoms with van der Waals surface area (Å²) >= 11 is 11.9. The van der Waals surface area contributed by atoms with Gasteiger partial charge in [0.05, 0.1) is 21.0 Å². The minimum absolute atomic E-state index is 0.00663. The average molecular weight is 413 g/mol. The summed E-state index contributed by atoms with van der Waals surface area (Å²) in [6.45, 7) is 1.81. The summed E-state index contributed by atoms with van der Waals surface area (Å²) in [7, 11) is -3.61. The molecular formula is C18H18Cl2N2O3S. The Bertz CT molecular complexity index is 943. The number of hydrogen-bond donors (Lipinski definition) is 2. The van der Waals surface area contributed by atoms with Gasteiger partial charge in [0.25, 0.3) is 5.91 Å². The Kier molecular flexibility index (Phi) is 5.58. The Morgan fingerprint density at radius 2 is 1.85 bits per heavy atom. The second kappa shape index (κ2) is 7.56. The van der Waals surface area contributed by atoms with Gasteiger partial charge in [0.2, 0.25) is 10.0 Å². The molecule has 1 aliphatic carbocycles. The molecule has 1 aliphatic rings. The fraction of sp³-hybridized carbons (Fsp3) is 0.278. The molecule has 0 spiro atoms. The number of hydrogen-bond acceptors (Lipinski definition) is 3. The maximum atomic E-state index is 12.5. The highest BCUT2D eigenvalue weighted by Gasteiger charge is 2.28. The summed E-state index contributed by atoms with van der Waals surface area (Å²) in [5, 5.41) is 3.68. The molecule has 2 aromatic rings. The Hall–Kier alpha value is -1.60. The molecule has 1 atom stereocenters. The van der Waals surface area contributed by atoms with Crippen molar-refractivity contribution in [2.24, 2.45) is 0 Å². The summed E-state index contributed by atoms with van der Waals surface area (Å²) in [5.41, 5.74) is 1.07. The van der Waals surface area contributed by atoms with E-state index in [0.29, 0.717) is 10.0 Å². The van der Waals surface area contributed by atoms with Gasteiger partial charge in [0.15, 0.2) is 0 Å². The smallest absolute Gasteiger partial charge is 0.251 e. The first-order chi connectivity index (χ1) is 12.3. The fourth-order valence-electron chi connectivity index (χ4n) is 2.44. The molecule has 0 aliphatic heterocycles. The Labute approximate surface area is 162 Å². The van der Waals surface area contributed by atoms with Crippen LogP contribution in [-0.2, 0) is 10.0 Å². The molecule has 2 N–H and O–H groups in total. The highest BCUT2D eigenvalue weighted by Crippen LogP contribution is 2.26. The van der Waals surface area contributed by atoms with E-state index in [1.165, 1.54) is 12.1 Å². The van der Waals surface area contributed by atoms with Gasteiger partial charge in [-0.25, -0.2) is 13.1 Å². The first kappa shape index (κ1) is 19.2. The predicted molar refractivity (Wildman–Crippen MR) is 102 cm³/mol. The number of benzene rings is 2. The van der Waals surface area contributed by atoms with Crippen LogP contribution < -0.4 is 10.0 Å². The van der Waals surface area contributed by atoms with Crippen LogP contribution in [0.1, 0.15) is 41.7 Å². The van der Waals surface area contributed by atoms with E-state index in [9.17, 15) is 13.2 Å². The standard InChI is InChI=1S/C18H18Cl2N2O3S/c1-11(12-5-8-16(19)17(20)10-12)21-18(23)13-3-2-4-15(9-13)26(24,25)22-14-6-7-14/h2-5,8-11,14,22H,6-7H2,1H3,(H,21,23). The van der Waals surface area contributed by atoms with Gasteiger partial charge < -0.3 is 5.32 Å². The van der Waals surface area contributed by atoms with Crippen molar-refractivity contribution in [3.8, 4) is 0 Å². The van der Waals surface area contributed by atoms with Crippen LogP contribution in [0.3, 0.4) is 0 Å². The molecule has 0 heterocycles. The summed E-state index contributed by atoms with van der Waals surface area (Å²) in [6, 6.07) is 10.8. The Balaban J connectivity index is 1.75. The van der Waals surface area contributed by atoms with Crippen molar-refractivity contribution < 1.29 is 13.2 Å². The molecule has 1 amide bonds. The second-order valence-electron chi connectivity index (χ2n) is 6.29. The Morgan fingerprint density at radius 3 is 2.50 bits per heavy atom. The summed E-state index contributed by atoms with van der Waals surface area (Å²) < 4.78 is 27.2. The van der Waals surface area contributed by atoms with E-state index < -0.39 is 10.0 Å². The molecule has 1 unspecified atom stereocenters. The van der Waals surface area contributed by atoms with E-state index in [1.54, 1.807) is 30.3 Å². The molecule has 26 heavy (non-hydrogen) atoms. The molecule has 0 radical (unpaired) electrons. The molecule has 1 saturated carbocycles. The van der Waals surface area contributed by atoms with Crippen molar-refractivity contribution in [2.75, 3.05) is 0 Å². The largest absolute Gasteiger partial charge is 0.346 e. The zero-order valence-electron chi connectivity index (χ0n) is 14.0. The first-order valence-electron chi connectivity index (χ1n) is 8.14. The van der Waals surface area contributed by atoms with Gasteiger partial charge in [-0.3, -0.25) is 4.79 Å². The van der Waals surface area contributed by atoms with Crippen LogP contribution in [0.25, 0.3) is 0 Å². The quantitative estimate of drug-likeness (QED) is 0.754. The lowest BCUT2D eigenvalue weighted by molar-refractivity contribution is 0.0939. The van der Waals surface area contributed by atoms with Crippen LogP contribution in [0.2, 0.25) is 10.0 Å². The molecule has 3 rings (SSSR count). The fourth-order valence-corrected chi connectivity index (χ4v) is 4.10. The van der Waals surface area contributed by atoms with Gasteiger partial charge in [-0.1, -0.05) is 35.3 Å². The lowest BCUT2D eigenvalue weighted by atomic mass is 10.1. The molecule has 1 fully saturated rings. The number of rotatable bonds is 6. The number of carbonyl (C=O) groups excluding carboxylic acids is 1. The van der Waals surface area contributed by atoms with Gasteiger partial charge in [-0.15, -0.1) is 0 Å². The van der Waals surface area contributed by atoms with E-state index in [2.05, 4.69) is 10.0 Å². The van der Waals surface area contributed by atoms with E-state index in [1.807, 2.05) is 6.92 Å². The highest BCUT2D eigenvalue weighted by molar-refractivity contribution is 7.89. The van der Waals surface area contributed by atoms with Gasteiger partial charge >= 0.3 is 0 Å². The molecule has 0 saturated heterocycles. The van der Waals surface area contributed by atoms with Crippen LogP contribution in [0.4, 0.5) is 0 Å². The molecule has 0 aromatic heterocycles. The zero-order chi connectivity index (χ0) is 18.9. The van der Waals surface area contributed by atoms with Crippen LogP contribution in [0.5, 0.6) is 0 Å². The van der Waals surface area contributed by atoms with E-state index >= 15 is 0 Å². The van der Waals surface area contributed by atoms with Crippen molar-refractivity contribution in [2.45, 2.75) is 36.7 Å². The van der Waals surface area contributed by atoms with Crippen LogP contribution in [0, 0.1) is 0 Å². The van der Waals surface area contributed by atoms with Gasteiger partial charge in [-0.2, -0.15) is 0 Å². The third-order valence-corrected chi connectivity index (χ3v) is 6.35. The number of halogens is 2. The number of sulfonamides is 1. The lowest BCUT2D eigenvalue weighted by Gasteiger charge is -2.15. The molecule has 2 aromatic carbocycles. The maximum Gasteiger partial charge on any atom is 0.251 e. The van der Waals surface area contributed by atoms with Crippen LogP contribution in [0.15, 0.2) is 47.4 Å². The van der Waals surface area contributed by atoms with Gasteiger partial charge in [-0.05, 0) is 55.7 Å². The topological polar surface area (TPSA) is 75.3 Å². The van der Waals surface area contributed by atoms with Gasteiger partial charge in [0.1, 0.15) is 0 Å². The molecule has 8 heteroatoms. The van der Waals surface area contributed by atoms with Gasteiger partial charge in [0, 0.05) is 11.6 Å². The van der Waals surface area contributed by atoms with Crippen LogP contribution in [-0.4, -0.2) is 20.4 Å². The normalized spacial score (nSPS) is 15.5. The highest BCUT2D eigenvalue weighted by atomic mass is 35.5.